The van der Waals surface area contributed by atoms with E-state index in [0.29, 0.717) is 16.3 Å². The zero-order valence-corrected chi connectivity index (χ0v) is 13.9. The number of aliphatic hydroxyl groups is 2. The number of nitrogens with zero attached hydrogens (tertiary/aromatic N) is 1. The number of aromatic nitrogens is 1. The fourth-order valence-corrected chi connectivity index (χ4v) is 2.96. The Kier molecular flexibility index (Phi) is 4.78. The maximum atomic E-state index is 10.4. The Labute approximate surface area is 144 Å². The number of aliphatic hydroxyl groups excluding tert-OH is 2. The molecule has 0 saturated heterocycles. The molecular weight excluding hydrogens is 328 g/mol. The number of hydrogen-bond donors (Lipinski definition) is 3. The summed E-state index contributed by atoms with van der Waals surface area (Å²) in [4.78, 5) is 0. The van der Waals surface area contributed by atoms with Crippen LogP contribution in [0.1, 0.15) is 17.4 Å². The van der Waals surface area contributed by atoms with Gasteiger partial charge in [-0.15, -0.1) is 0 Å². The Morgan fingerprint density at radius 2 is 1.79 bits per heavy atom. The molecule has 0 bridgehead atoms. The molecule has 0 aliphatic heterocycles. The number of fused-ring (bicyclic) bond motifs is 1. The van der Waals surface area contributed by atoms with Crippen LogP contribution in [0.5, 0.6) is 5.75 Å². The molecule has 2 aromatic carbocycles. The van der Waals surface area contributed by atoms with Crippen molar-refractivity contribution >= 4 is 22.5 Å². The van der Waals surface area contributed by atoms with Gasteiger partial charge in [0.25, 0.3) is 0 Å². The highest BCUT2D eigenvalue weighted by Gasteiger charge is 2.25. The molecule has 5 nitrogen and oxygen atoms in total. The van der Waals surface area contributed by atoms with Crippen LogP contribution in [0.15, 0.2) is 48.5 Å². The summed E-state index contributed by atoms with van der Waals surface area (Å²) in [6, 6.07) is 14.7. The molecule has 24 heavy (non-hydrogen) atoms. The van der Waals surface area contributed by atoms with Crippen LogP contribution in [0.3, 0.4) is 0 Å². The molecule has 0 radical (unpaired) electrons. The second-order valence-electron chi connectivity index (χ2n) is 5.61. The van der Waals surface area contributed by atoms with Crippen molar-refractivity contribution in [3.05, 3.63) is 64.8 Å². The standard InChI is InChI=1S/C18H19ClN2O3/c1-21-14-5-3-2-4-13(14)16(17(22)18(20)23)15(21)10-24-12-8-6-11(19)7-9-12/h2-9,17-18,22-23H,10,20H2,1H3. The third kappa shape index (κ3) is 3.12. The van der Waals surface area contributed by atoms with Crippen LogP contribution < -0.4 is 10.5 Å². The fraction of sp³-hybridized carbons (Fsp3) is 0.222. The van der Waals surface area contributed by atoms with E-state index in [2.05, 4.69) is 0 Å². The molecule has 0 aliphatic carbocycles. The molecule has 0 amide bonds. The molecule has 6 heteroatoms. The number of para-hydroxylation sites is 1. The maximum absolute atomic E-state index is 10.4. The molecule has 0 spiro atoms. The molecule has 0 fully saturated rings. The quantitative estimate of drug-likeness (QED) is 0.620. The summed E-state index contributed by atoms with van der Waals surface area (Å²) in [5, 5.41) is 21.5. The van der Waals surface area contributed by atoms with E-state index in [-0.39, 0.29) is 6.61 Å². The van der Waals surface area contributed by atoms with E-state index in [1.807, 2.05) is 35.9 Å². The summed E-state index contributed by atoms with van der Waals surface area (Å²) in [5.41, 5.74) is 7.77. The lowest BCUT2D eigenvalue weighted by molar-refractivity contribution is 0.0224. The number of rotatable bonds is 5. The highest BCUT2D eigenvalue weighted by Crippen LogP contribution is 2.32. The zero-order chi connectivity index (χ0) is 17.3. The maximum Gasteiger partial charge on any atom is 0.132 e. The number of benzene rings is 2. The Balaban J connectivity index is 2.00. The predicted octanol–water partition coefficient (Wildman–Crippen LogP) is 2.72. The Hall–Kier alpha value is -2.05. The van der Waals surface area contributed by atoms with Crippen LogP contribution >= 0.6 is 11.6 Å². The lowest BCUT2D eigenvalue weighted by Crippen LogP contribution is -2.28. The van der Waals surface area contributed by atoms with Gasteiger partial charge in [0.1, 0.15) is 24.7 Å². The molecule has 3 rings (SSSR count). The third-order valence-corrected chi connectivity index (χ3v) is 4.33. The fourth-order valence-electron chi connectivity index (χ4n) is 2.83. The van der Waals surface area contributed by atoms with E-state index in [4.69, 9.17) is 22.1 Å². The average Bonchev–Trinajstić information content (AvgIpc) is 2.86. The van der Waals surface area contributed by atoms with Crippen molar-refractivity contribution < 1.29 is 14.9 Å². The summed E-state index contributed by atoms with van der Waals surface area (Å²) >= 11 is 5.87. The first-order valence-corrected chi connectivity index (χ1v) is 7.93. The lowest BCUT2D eigenvalue weighted by Gasteiger charge is -2.16. The van der Waals surface area contributed by atoms with Gasteiger partial charge in [-0.05, 0) is 30.3 Å². The van der Waals surface area contributed by atoms with Crippen LogP contribution in [0.25, 0.3) is 10.9 Å². The van der Waals surface area contributed by atoms with Crippen LogP contribution in [-0.4, -0.2) is 21.0 Å². The molecule has 2 unspecified atom stereocenters. The molecule has 0 aliphatic rings. The average molecular weight is 347 g/mol. The summed E-state index contributed by atoms with van der Waals surface area (Å²) in [7, 11) is 1.89. The highest BCUT2D eigenvalue weighted by molar-refractivity contribution is 6.30. The van der Waals surface area contributed by atoms with Gasteiger partial charge in [-0.1, -0.05) is 29.8 Å². The molecule has 1 aromatic heterocycles. The largest absolute Gasteiger partial charge is 0.487 e. The Morgan fingerprint density at radius 3 is 2.46 bits per heavy atom. The monoisotopic (exact) mass is 346 g/mol. The number of halogens is 1. The first kappa shape index (κ1) is 16.8. The van der Waals surface area contributed by atoms with Gasteiger partial charge in [0.05, 0.1) is 5.69 Å². The van der Waals surface area contributed by atoms with Crippen LogP contribution in [0, 0.1) is 0 Å². The van der Waals surface area contributed by atoms with E-state index in [1.165, 1.54) is 0 Å². The van der Waals surface area contributed by atoms with E-state index >= 15 is 0 Å². The van der Waals surface area contributed by atoms with E-state index in [9.17, 15) is 10.2 Å². The van der Waals surface area contributed by atoms with E-state index in [1.54, 1.807) is 24.3 Å². The summed E-state index contributed by atoms with van der Waals surface area (Å²) in [5.74, 6) is 0.665. The second-order valence-corrected chi connectivity index (χ2v) is 6.05. The second kappa shape index (κ2) is 6.83. The lowest BCUT2D eigenvalue weighted by atomic mass is 10.0. The Bertz CT molecular complexity index is 843. The van der Waals surface area contributed by atoms with Crippen molar-refractivity contribution in [2.45, 2.75) is 18.9 Å². The van der Waals surface area contributed by atoms with E-state index < -0.39 is 12.3 Å². The molecule has 1 heterocycles. The SMILES string of the molecule is Cn1c(COc2ccc(Cl)cc2)c(C(O)C(N)O)c2ccccc21. The molecule has 3 aromatic rings. The summed E-state index contributed by atoms with van der Waals surface area (Å²) < 4.78 is 7.75. The molecule has 2 atom stereocenters. The normalized spacial score (nSPS) is 13.9. The van der Waals surface area contributed by atoms with Gasteiger partial charge in [-0.3, -0.25) is 0 Å². The van der Waals surface area contributed by atoms with Gasteiger partial charge in [-0.2, -0.15) is 0 Å². The van der Waals surface area contributed by atoms with Crippen LogP contribution in [0.4, 0.5) is 0 Å². The number of nitrogens with two attached hydrogens (primary N) is 1. The van der Waals surface area contributed by atoms with Gasteiger partial charge in [0.15, 0.2) is 0 Å². The van der Waals surface area contributed by atoms with Crippen LogP contribution in [0.2, 0.25) is 5.02 Å². The van der Waals surface area contributed by atoms with E-state index in [0.717, 1.165) is 16.6 Å². The van der Waals surface area contributed by atoms with Gasteiger partial charge in [0.2, 0.25) is 0 Å². The predicted molar refractivity (Wildman–Crippen MR) is 93.9 cm³/mol. The first-order valence-electron chi connectivity index (χ1n) is 7.55. The van der Waals surface area contributed by atoms with Crippen molar-refractivity contribution in [2.24, 2.45) is 12.8 Å². The Morgan fingerprint density at radius 1 is 1.12 bits per heavy atom. The number of hydrogen-bond acceptors (Lipinski definition) is 4. The third-order valence-electron chi connectivity index (χ3n) is 4.08. The topological polar surface area (TPSA) is 80.6 Å². The van der Waals surface area contributed by atoms with Gasteiger partial charge in [0, 0.05) is 28.5 Å². The molecule has 0 saturated carbocycles. The number of aryl methyl sites for hydroxylation is 1. The highest BCUT2D eigenvalue weighted by atomic mass is 35.5. The zero-order valence-electron chi connectivity index (χ0n) is 13.2. The number of ether oxygens (including phenoxy) is 1. The van der Waals surface area contributed by atoms with Gasteiger partial charge < -0.3 is 25.3 Å². The minimum Gasteiger partial charge on any atom is -0.487 e. The summed E-state index contributed by atoms with van der Waals surface area (Å²) in [6.45, 7) is 0.228. The van der Waals surface area contributed by atoms with Crippen LogP contribution in [-0.2, 0) is 13.7 Å². The van der Waals surface area contributed by atoms with Crippen molar-refractivity contribution in [3.63, 3.8) is 0 Å². The minimum atomic E-state index is -1.37. The van der Waals surface area contributed by atoms with Crippen molar-refractivity contribution in [1.82, 2.24) is 4.57 Å². The van der Waals surface area contributed by atoms with Crippen molar-refractivity contribution in [3.8, 4) is 5.75 Å². The minimum absolute atomic E-state index is 0.228. The van der Waals surface area contributed by atoms with Gasteiger partial charge in [-0.25, -0.2) is 0 Å². The summed E-state index contributed by atoms with van der Waals surface area (Å²) in [6.07, 6.45) is -2.56. The van der Waals surface area contributed by atoms with Gasteiger partial charge >= 0.3 is 0 Å². The van der Waals surface area contributed by atoms with Crippen molar-refractivity contribution in [1.29, 1.82) is 0 Å². The smallest absolute Gasteiger partial charge is 0.132 e. The molecule has 4 N–H and O–H groups in total. The molecule has 126 valence electrons. The van der Waals surface area contributed by atoms with Crippen molar-refractivity contribution in [2.75, 3.05) is 0 Å². The first-order chi connectivity index (χ1) is 11.5. The molecular formula is C18H19ClN2O3.